The van der Waals surface area contributed by atoms with Gasteiger partial charge in [-0.25, -0.2) is 8.42 Å². The van der Waals surface area contributed by atoms with Gasteiger partial charge in [0.25, 0.3) is 10.0 Å². The number of aliphatic hydroxyl groups excluding tert-OH is 1. The molecule has 2 atom stereocenters. The molecule has 0 fully saturated rings. The van der Waals surface area contributed by atoms with Crippen molar-refractivity contribution in [2.24, 2.45) is 20.7 Å². The molecule has 214 valence electrons. The van der Waals surface area contributed by atoms with Crippen LogP contribution >= 0.6 is 0 Å². The van der Waals surface area contributed by atoms with Crippen molar-refractivity contribution in [1.82, 2.24) is 10.3 Å². The summed E-state index contributed by atoms with van der Waals surface area (Å²) in [6.07, 6.45) is 3.97. The van der Waals surface area contributed by atoms with Crippen molar-refractivity contribution in [1.29, 1.82) is 0 Å². The van der Waals surface area contributed by atoms with Crippen molar-refractivity contribution >= 4 is 15.7 Å². The molecular formula is C30H29N7O4S. The van der Waals surface area contributed by atoms with Gasteiger partial charge < -0.3 is 15.2 Å². The third-order valence-electron chi connectivity index (χ3n) is 7.29. The number of hydrogen-bond acceptors (Lipinski definition) is 10. The fraction of sp³-hybridized carbons (Fsp3) is 0.233. The van der Waals surface area contributed by atoms with E-state index in [1.54, 1.807) is 60.9 Å². The largest absolute Gasteiger partial charge is 0.489 e. The maximum atomic E-state index is 13.2. The Kier molecular flexibility index (Phi) is 7.74. The van der Waals surface area contributed by atoms with Crippen molar-refractivity contribution in [3.63, 3.8) is 0 Å². The molecule has 3 aromatic carbocycles. The van der Waals surface area contributed by atoms with E-state index in [1.807, 2.05) is 36.4 Å². The van der Waals surface area contributed by atoms with E-state index in [4.69, 9.17) is 4.74 Å². The molecule has 2 aliphatic heterocycles. The number of hydrogen-bond donors (Lipinski definition) is 3. The lowest BCUT2D eigenvalue weighted by Crippen LogP contribution is -2.36. The number of fused-ring (bicyclic) bond motifs is 1. The highest BCUT2D eigenvalue weighted by atomic mass is 32.2. The monoisotopic (exact) mass is 583 g/mol. The summed E-state index contributed by atoms with van der Waals surface area (Å²) in [5.74, 6) is 0.662. The topological polar surface area (TPSA) is 150 Å². The van der Waals surface area contributed by atoms with E-state index in [-0.39, 0.29) is 11.0 Å². The molecule has 11 nitrogen and oxygen atoms in total. The second kappa shape index (κ2) is 11.8. The maximum Gasteiger partial charge on any atom is 0.261 e. The quantitative estimate of drug-likeness (QED) is 0.241. The van der Waals surface area contributed by atoms with Crippen molar-refractivity contribution < 1.29 is 18.3 Å². The van der Waals surface area contributed by atoms with Crippen LogP contribution in [-0.4, -0.2) is 37.7 Å². The first-order valence-corrected chi connectivity index (χ1v) is 15.0. The smallest absolute Gasteiger partial charge is 0.261 e. The van der Waals surface area contributed by atoms with Gasteiger partial charge in [-0.3, -0.25) is 9.71 Å². The summed E-state index contributed by atoms with van der Waals surface area (Å²) in [7, 11) is -3.84. The number of aryl methyl sites for hydroxylation is 1. The Balaban J connectivity index is 1.09. The minimum atomic E-state index is -3.84. The molecule has 0 aliphatic carbocycles. The number of nitrogens with one attached hydrogen (secondary N) is 2. The molecule has 0 spiro atoms. The molecule has 3 heterocycles. The number of benzene rings is 3. The highest BCUT2D eigenvalue weighted by Gasteiger charge is 2.37. The standard InChI is InChI=1S/C30H29N7O4S/c38-28(22-5-4-16-31-18-22)20-32-19-26-13-8-21-17-27(14-15-29(21)41-26)42(39,40)33-25-11-9-24(10-12-25)30(34-36-37-35-30)23-6-2-1-3-7-23/h1-7,9-12,14-18,26,28,32-33,38H,8,13,19-20H2. The molecule has 0 amide bonds. The lowest BCUT2D eigenvalue weighted by Gasteiger charge is -2.27. The van der Waals surface area contributed by atoms with Crippen LogP contribution in [0.1, 0.15) is 34.8 Å². The fourth-order valence-corrected chi connectivity index (χ4v) is 6.16. The van der Waals surface area contributed by atoms with E-state index < -0.39 is 21.8 Å². The number of rotatable bonds is 10. The molecule has 2 aliphatic rings. The van der Waals surface area contributed by atoms with Gasteiger partial charge in [0.05, 0.1) is 11.0 Å². The third kappa shape index (κ3) is 5.77. The number of pyridine rings is 1. The van der Waals surface area contributed by atoms with Gasteiger partial charge in [-0.05, 0) is 65.2 Å². The van der Waals surface area contributed by atoms with Crippen LogP contribution in [0.15, 0.2) is 123 Å². The molecule has 1 aromatic heterocycles. The summed E-state index contributed by atoms with van der Waals surface area (Å²) in [5, 5.41) is 29.6. The molecule has 2 unspecified atom stereocenters. The van der Waals surface area contributed by atoms with Crippen LogP contribution in [0, 0.1) is 0 Å². The molecule has 12 heteroatoms. The molecule has 6 rings (SSSR count). The van der Waals surface area contributed by atoms with Crippen LogP contribution in [0.5, 0.6) is 5.75 Å². The van der Waals surface area contributed by atoms with Gasteiger partial charge in [-0.15, -0.1) is 10.2 Å². The van der Waals surface area contributed by atoms with Gasteiger partial charge in [-0.1, -0.05) is 48.5 Å². The predicted octanol–water partition coefficient (Wildman–Crippen LogP) is 4.93. The molecule has 0 bridgehead atoms. The average Bonchev–Trinajstić information content (AvgIpc) is 3.53. The van der Waals surface area contributed by atoms with Gasteiger partial charge in [0, 0.05) is 47.9 Å². The van der Waals surface area contributed by atoms with Crippen LogP contribution in [0.2, 0.25) is 0 Å². The van der Waals surface area contributed by atoms with Gasteiger partial charge in [0.1, 0.15) is 11.9 Å². The second-order valence-electron chi connectivity index (χ2n) is 10.1. The van der Waals surface area contributed by atoms with Crippen LogP contribution in [0.3, 0.4) is 0 Å². The predicted molar refractivity (Wildman–Crippen MR) is 155 cm³/mol. The first-order chi connectivity index (χ1) is 20.4. The SMILES string of the molecule is O=S(=O)(Nc1ccc(C2(c3ccccc3)N=NN=N2)cc1)c1ccc2c(c1)CCC(CNCC(O)c1cccnc1)O2. The Bertz CT molecular complexity index is 1690. The van der Waals surface area contributed by atoms with Crippen molar-refractivity contribution in [3.05, 3.63) is 120 Å². The molecule has 42 heavy (non-hydrogen) atoms. The highest BCUT2D eigenvalue weighted by molar-refractivity contribution is 7.92. The summed E-state index contributed by atoms with van der Waals surface area (Å²) < 4.78 is 35.3. The van der Waals surface area contributed by atoms with Gasteiger partial charge >= 0.3 is 0 Å². The van der Waals surface area contributed by atoms with Crippen LogP contribution < -0.4 is 14.8 Å². The number of aromatic nitrogens is 1. The van der Waals surface area contributed by atoms with Gasteiger partial charge in [0.15, 0.2) is 0 Å². The molecule has 3 N–H and O–H groups in total. The van der Waals surface area contributed by atoms with Crippen molar-refractivity contribution in [2.45, 2.75) is 35.6 Å². The Morgan fingerprint density at radius 3 is 2.45 bits per heavy atom. The number of aliphatic hydroxyl groups is 1. The number of anilines is 1. The van der Waals surface area contributed by atoms with E-state index in [1.165, 1.54) is 0 Å². The Labute approximate surface area is 243 Å². The normalized spacial score (nSPS) is 17.8. The highest BCUT2D eigenvalue weighted by Crippen LogP contribution is 2.39. The zero-order valence-corrected chi connectivity index (χ0v) is 23.4. The summed E-state index contributed by atoms with van der Waals surface area (Å²) in [5.41, 5.74) is 2.41. The fourth-order valence-electron chi connectivity index (χ4n) is 5.05. The van der Waals surface area contributed by atoms with E-state index in [2.05, 4.69) is 35.7 Å². The zero-order valence-electron chi connectivity index (χ0n) is 22.5. The number of nitrogens with zero attached hydrogens (tertiary/aromatic N) is 5. The lowest BCUT2D eigenvalue weighted by atomic mass is 9.92. The van der Waals surface area contributed by atoms with E-state index >= 15 is 0 Å². The van der Waals surface area contributed by atoms with Gasteiger partial charge in [0.2, 0.25) is 5.66 Å². The molecule has 0 saturated carbocycles. The minimum absolute atomic E-state index is 0.0872. The van der Waals surface area contributed by atoms with Crippen LogP contribution in [0.4, 0.5) is 5.69 Å². The van der Waals surface area contributed by atoms with E-state index in [0.29, 0.717) is 36.5 Å². The maximum absolute atomic E-state index is 13.2. The summed E-state index contributed by atoms with van der Waals surface area (Å²) in [4.78, 5) is 4.19. The van der Waals surface area contributed by atoms with Crippen LogP contribution in [0.25, 0.3) is 0 Å². The van der Waals surface area contributed by atoms with Crippen LogP contribution in [-0.2, 0) is 22.1 Å². The first kappa shape index (κ1) is 27.6. The second-order valence-corrected chi connectivity index (χ2v) is 11.8. The van der Waals surface area contributed by atoms with E-state index in [0.717, 1.165) is 23.1 Å². The minimum Gasteiger partial charge on any atom is -0.489 e. The average molecular weight is 584 g/mol. The van der Waals surface area contributed by atoms with E-state index in [9.17, 15) is 13.5 Å². The molecular weight excluding hydrogens is 554 g/mol. The summed E-state index contributed by atoms with van der Waals surface area (Å²) >= 11 is 0. The van der Waals surface area contributed by atoms with Crippen molar-refractivity contribution in [2.75, 3.05) is 17.8 Å². The summed E-state index contributed by atoms with van der Waals surface area (Å²) in [6.45, 7) is 0.937. The Morgan fingerprint density at radius 2 is 1.71 bits per heavy atom. The molecule has 4 aromatic rings. The summed E-state index contributed by atoms with van der Waals surface area (Å²) in [6, 6.07) is 24.9. The number of ether oxygens (including phenoxy) is 1. The Hall–Kier alpha value is -4.52. The zero-order chi connectivity index (χ0) is 29.0. The molecule has 0 radical (unpaired) electrons. The van der Waals surface area contributed by atoms with Crippen molar-refractivity contribution in [3.8, 4) is 5.75 Å². The number of sulfonamides is 1. The first-order valence-electron chi connectivity index (χ1n) is 13.5. The van der Waals surface area contributed by atoms with Gasteiger partial charge in [-0.2, -0.15) is 0 Å². The lowest BCUT2D eigenvalue weighted by molar-refractivity contribution is 0.146. The Morgan fingerprint density at radius 1 is 0.952 bits per heavy atom. The third-order valence-corrected chi connectivity index (χ3v) is 8.66. The molecule has 0 saturated heterocycles.